The van der Waals surface area contributed by atoms with E-state index in [1.807, 2.05) is 23.1 Å². The number of rotatable bonds is 5. The Labute approximate surface area is 170 Å². The predicted octanol–water partition coefficient (Wildman–Crippen LogP) is 0.779. The van der Waals surface area contributed by atoms with E-state index in [1.165, 1.54) is 0 Å². The van der Waals surface area contributed by atoms with E-state index in [1.54, 1.807) is 17.9 Å². The largest absolute Gasteiger partial charge is 0.485 e. The molecule has 1 aliphatic carbocycles. The maximum absolute atomic E-state index is 12.8. The van der Waals surface area contributed by atoms with Gasteiger partial charge in [-0.15, -0.1) is 0 Å². The molecule has 2 amide bonds. The van der Waals surface area contributed by atoms with Crippen LogP contribution >= 0.6 is 0 Å². The molecule has 4 rings (SSSR count). The molecule has 0 bridgehead atoms. The molecule has 0 aromatic heterocycles. The fourth-order valence-electron chi connectivity index (χ4n) is 3.89. The second-order valence-corrected chi connectivity index (χ2v) is 8.10. The highest BCUT2D eigenvalue weighted by atomic mass is 16.6. The Bertz CT molecular complexity index is 826. The average Bonchev–Trinajstić information content (AvgIpc) is 3.59. The number of hydrogen-bond donors (Lipinski definition) is 1. The van der Waals surface area contributed by atoms with Crippen LogP contribution in [-0.4, -0.2) is 72.6 Å². The van der Waals surface area contributed by atoms with E-state index < -0.39 is 11.6 Å². The van der Waals surface area contributed by atoms with E-state index in [0.29, 0.717) is 37.7 Å². The zero-order chi connectivity index (χ0) is 20.4. The molecule has 2 aliphatic heterocycles. The van der Waals surface area contributed by atoms with E-state index in [-0.39, 0.29) is 30.9 Å². The number of nitriles is 1. The third kappa shape index (κ3) is 4.30. The standard InChI is InChI=1S/C21H26N4O4/c1-21(14-22,15-6-7-15)23-19(26)12-24-8-10-25(11-9-24)20(27)18-13-28-16-4-2-3-5-17(16)29-18/h2-5,15,18H,6-13H2,1H3,(H,23,26)/t18-,21-/m1/s1. The van der Waals surface area contributed by atoms with Gasteiger partial charge in [0, 0.05) is 26.2 Å². The predicted molar refractivity (Wildman–Crippen MR) is 104 cm³/mol. The molecule has 2 heterocycles. The van der Waals surface area contributed by atoms with Gasteiger partial charge in [0.1, 0.15) is 12.1 Å². The van der Waals surface area contributed by atoms with Gasteiger partial charge < -0.3 is 19.7 Å². The number of para-hydroxylation sites is 2. The summed E-state index contributed by atoms with van der Waals surface area (Å²) in [5.74, 6) is 1.27. The van der Waals surface area contributed by atoms with Crippen molar-refractivity contribution in [2.75, 3.05) is 39.3 Å². The molecule has 3 aliphatic rings. The molecule has 2 atom stereocenters. The van der Waals surface area contributed by atoms with Crippen LogP contribution in [0, 0.1) is 17.2 Å². The third-order valence-corrected chi connectivity index (χ3v) is 5.86. The topological polar surface area (TPSA) is 94.9 Å². The number of nitrogens with zero attached hydrogens (tertiary/aromatic N) is 3. The van der Waals surface area contributed by atoms with Gasteiger partial charge in [-0.2, -0.15) is 5.26 Å². The Hall–Kier alpha value is -2.79. The lowest BCUT2D eigenvalue weighted by Crippen LogP contribution is -2.56. The molecule has 1 N–H and O–H groups in total. The van der Waals surface area contributed by atoms with Gasteiger partial charge in [-0.1, -0.05) is 12.1 Å². The summed E-state index contributed by atoms with van der Waals surface area (Å²) in [6, 6.07) is 9.57. The molecular weight excluding hydrogens is 372 g/mol. The minimum atomic E-state index is -0.774. The Morgan fingerprint density at radius 1 is 1.21 bits per heavy atom. The van der Waals surface area contributed by atoms with Crippen LogP contribution in [0.4, 0.5) is 0 Å². The fraction of sp³-hybridized carbons (Fsp3) is 0.571. The highest BCUT2D eigenvalue weighted by Crippen LogP contribution is 2.39. The molecule has 8 nitrogen and oxygen atoms in total. The number of hydrogen-bond acceptors (Lipinski definition) is 6. The summed E-state index contributed by atoms with van der Waals surface area (Å²) in [4.78, 5) is 28.9. The van der Waals surface area contributed by atoms with Crippen LogP contribution < -0.4 is 14.8 Å². The first kappa shape index (κ1) is 19.5. The highest BCUT2D eigenvalue weighted by Gasteiger charge is 2.43. The van der Waals surface area contributed by atoms with Crippen LogP contribution in [0.3, 0.4) is 0 Å². The fourth-order valence-corrected chi connectivity index (χ4v) is 3.89. The van der Waals surface area contributed by atoms with Crippen molar-refractivity contribution in [3.63, 3.8) is 0 Å². The molecule has 1 saturated heterocycles. The molecule has 0 unspecified atom stereocenters. The lowest BCUT2D eigenvalue weighted by Gasteiger charge is -2.37. The monoisotopic (exact) mass is 398 g/mol. The van der Waals surface area contributed by atoms with E-state index in [2.05, 4.69) is 11.4 Å². The molecule has 29 heavy (non-hydrogen) atoms. The number of piperazine rings is 1. The van der Waals surface area contributed by atoms with E-state index in [4.69, 9.17) is 9.47 Å². The summed E-state index contributed by atoms with van der Waals surface area (Å²) in [6.07, 6.45) is 1.33. The third-order valence-electron chi connectivity index (χ3n) is 5.86. The molecule has 1 saturated carbocycles. The summed E-state index contributed by atoms with van der Waals surface area (Å²) in [5, 5.41) is 12.3. The summed E-state index contributed by atoms with van der Waals surface area (Å²) in [5.41, 5.74) is -0.774. The van der Waals surface area contributed by atoms with Crippen LogP contribution in [0.15, 0.2) is 24.3 Å². The molecule has 1 aromatic carbocycles. The molecule has 0 spiro atoms. The summed E-state index contributed by atoms with van der Waals surface area (Å²) in [7, 11) is 0. The highest BCUT2D eigenvalue weighted by molar-refractivity contribution is 5.82. The van der Waals surface area contributed by atoms with Crippen molar-refractivity contribution in [2.24, 2.45) is 5.92 Å². The van der Waals surface area contributed by atoms with Crippen molar-refractivity contribution in [1.29, 1.82) is 5.26 Å². The van der Waals surface area contributed by atoms with Crippen molar-refractivity contribution < 1.29 is 19.1 Å². The van der Waals surface area contributed by atoms with Crippen LogP contribution in [-0.2, 0) is 9.59 Å². The number of fused-ring (bicyclic) bond motifs is 1. The summed E-state index contributed by atoms with van der Waals surface area (Å²) in [6.45, 7) is 4.52. The summed E-state index contributed by atoms with van der Waals surface area (Å²) < 4.78 is 11.5. The summed E-state index contributed by atoms with van der Waals surface area (Å²) >= 11 is 0. The lowest BCUT2D eigenvalue weighted by molar-refractivity contribution is -0.143. The van der Waals surface area contributed by atoms with Crippen LogP contribution in [0.25, 0.3) is 0 Å². The first-order valence-corrected chi connectivity index (χ1v) is 10.1. The zero-order valence-electron chi connectivity index (χ0n) is 16.6. The van der Waals surface area contributed by atoms with E-state index in [0.717, 1.165) is 12.8 Å². The molecule has 1 aromatic rings. The van der Waals surface area contributed by atoms with E-state index in [9.17, 15) is 14.9 Å². The SMILES string of the molecule is C[C@](C#N)(NC(=O)CN1CCN(C(=O)[C@H]2COc3ccccc3O2)CC1)C1CC1. The van der Waals surface area contributed by atoms with Gasteiger partial charge in [-0.3, -0.25) is 14.5 Å². The Balaban J connectivity index is 1.25. The van der Waals surface area contributed by atoms with E-state index >= 15 is 0 Å². The second-order valence-electron chi connectivity index (χ2n) is 8.10. The van der Waals surface area contributed by atoms with Crippen LogP contribution in [0.5, 0.6) is 11.5 Å². The van der Waals surface area contributed by atoms with Gasteiger partial charge in [-0.05, 0) is 37.8 Å². The molecule has 0 radical (unpaired) electrons. The maximum atomic E-state index is 12.8. The van der Waals surface area contributed by atoms with Gasteiger partial charge in [0.25, 0.3) is 5.91 Å². The molecule has 154 valence electrons. The van der Waals surface area contributed by atoms with Crippen molar-refractivity contribution in [1.82, 2.24) is 15.1 Å². The Morgan fingerprint density at radius 2 is 1.90 bits per heavy atom. The number of ether oxygens (including phenoxy) is 2. The number of benzene rings is 1. The van der Waals surface area contributed by atoms with Crippen LogP contribution in [0.2, 0.25) is 0 Å². The van der Waals surface area contributed by atoms with Crippen LogP contribution in [0.1, 0.15) is 19.8 Å². The Morgan fingerprint density at radius 3 is 2.55 bits per heavy atom. The first-order valence-electron chi connectivity index (χ1n) is 10.1. The van der Waals surface area contributed by atoms with Crippen molar-refractivity contribution in [3.05, 3.63) is 24.3 Å². The first-order chi connectivity index (χ1) is 14.0. The van der Waals surface area contributed by atoms with Crippen molar-refractivity contribution >= 4 is 11.8 Å². The minimum Gasteiger partial charge on any atom is -0.485 e. The normalized spacial score (nSPS) is 23.6. The maximum Gasteiger partial charge on any atom is 0.267 e. The average molecular weight is 398 g/mol. The zero-order valence-corrected chi connectivity index (χ0v) is 16.6. The quantitative estimate of drug-likeness (QED) is 0.788. The minimum absolute atomic E-state index is 0.0885. The van der Waals surface area contributed by atoms with Crippen molar-refractivity contribution in [2.45, 2.75) is 31.4 Å². The molecular formula is C21H26N4O4. The van der Waals surface area contributed by atoms with Gasteiger partial charge >= 0.3 is 0 Å². The second kappa shape index (κ2) is 7.91. The number of carbonyl (C=O) groups is 2. The van der Waals surface area contributed by atoms with Gasteiger partial charge in [0.2, 0.25) is 12.0 Å². The number of carbonyl (C=O) groups excluding carboxylic acids is 2. The smallest absolute Gasteiger partial charge is 0.267 e. The number of amides is 2. The van der Waals surface area contributed by atoms with Crippen molar-refractivity contribution in [3.8, 4) is 17.6 Å². The lowest BCUT2D eigenvalue weighted by atomic mass is 9.98. The molecule has 2 fully saturated rings. The van der Waals surface area contributed by atoms with Gasteiger partial charge in [-0.25, -0.2) is 0 Å². The van der Waals surface area contributed by atoms with Gasteiger partial charge in [0.15, 0.2) is 11.5 Å². The molecule has 8 heteroatoms. The number of nitrogens with one attached hydrogen (secondary N) is 1. The van der Waals surface area contributed by atoms with Gasteiger partial charge in [0.05, 0.1) is 12.6 Å². The Kier molecular flexibility index (Phi) is 5.33.